The van der Waals surface area contributed by atoms with Gasteiger partial charge in [-0.3, -0.25) is 4.98 Å². The second-order valence-corrected chi connectivity index (χ2v) is 7.73. The summed E-state index contributed by atoms with van der Waals surface area (Å²) in [7, 11) is 0. The smallest absolute Gasteiger partial charge is 0.0723 e. The lowest BCUT2D eigenvalue weighted by Gasteiger charge is -2.42. The minimum atomic E-state index is -0.0520. The largest absolute Gasteiger partial charge is 0.309 e. The highest BCUT2D eigenvalue weighted by Crippen LogP contribution is 2.52. The minimum Gasteiger partial charge on any atom is -0.309 e. The maximum atomic E-state index is 4.62. The van der Waals surface area contributed by atoms with Crippen molar-refractivity contribution in [1.82, 2.24) is 4.98 Å². The topological polar surface area (TPSA) is 16.1 Å². The van der Waals surface area contributed by atoms with Gasteiger partial charge in [0.15, 0.2) is 0 Å². The average molecular weight is 362 g/mol. The normalized spacial score (nSPS) is 14.3. The van der Waals surface area contributed by atoms with Crippen molar-refractivity contribution in [3.05, 3.63) is 108 Å². The number of benzene rings is 3. The molecule has 0 aliphatic carbocycles. The molecule has 0 spiro atoms. The number of rotatable bonds is 2. The molecule has 2 heteroatoms. The minimum absolute atomic E-state index is 0.0520. The number of fused-ring (bicyclic) bond motifs is 2. The van der Waals surface area contributed by atoms with Crippen LogP contribution in [0.15, 0.2) is 97.2 Å². The molecule has 0 fully saturated rings. The molecule has 136 valence electrons. The molecule has 1 aromatic heterocycles. The zero-order chi connectivity index (χ0) is 19.1. The Morgan fingerprint density at radius 2 is 1.14 bits per heavy atom. The Hall–Kier alpha value is -3.39. The molecule has 0 saturated carbocycles. The van der Waals surface area contributed by atoms with Crippen molar-refractivity contribution in [3.8, 4) is 11.3 Å². The van der Waals surface area contributed by atoms with E-state index in [1.165, 1.54) is 22.5 Å². The van der Waals surface area contributed by atoms with Crippen LogP contribution in [0.3, 0.4) is 0 Å². The first-order valence-electron chi connectivity index (χ1n) is 9.67. The summed E-state index contributed by atoms with van der Waals surface area (Å²) >= 11 is 0. The molecule has 3 aromatic carbocycles. The third-order valence-corrected chi connectivity index (χ3v) is 5.72. The van der Waals surface area contributed by atoms with E-state index >= 15 is 0 Å². The summed E-state index contributed by atoms with van der Waals surface area (Å²) in [5.74, 6) is 0. The fraction of sp³-hybridized carbons (Fsp3) is 0.115. The van der Waals surface area contributed by atoms with E-state index in [4.69, 9.17) is 0 Å². The van der Waals surface area contributed by atoms with Crippen molar-refractivity contribution in [1.29, 1.82) is 0 Å². The Balaban J connectivity index is 1.82. The van der Waals surface area contributed by atoms with E-state index in [0.29, 0.717) is 0 Å². The van der Waals surface area contributed by atoms with E-state index in [9.17, 15) is 0 Å². The molecule has 0 bridgehead atoms. The number of anilines is 3. The Morgan fingerprint density at radius 3 is 1.75 bits per heavy atom. The molecule has 0 radical (unpaired) electrons. The van der Waals surface area contributed by atoms with Gasteiger partial charge in [-0.2, -0.15) is 0 Å². The van der Waals surface area contributed by atoms with Crippen LogP contribution in [0, 0.1) is 0 Å². The van der Waals surface area contributed by atoms with Gasteiger partial charge in [-0.25, -0.2) is 0 Å². The number of aromatic nitrogens is 1. The third kappa shape index (κ3) is 2.45. The number of hydrogen-bond acceptors (Lipinski definition) is 2. The number of pyridine rings is 1. The standard InChI is InChI=1S/C26H22N2/c1-26(2)20-12-4-7-16-24(20)28(25-17-8-5-13-21(25)26)23-15-6-3-11-19(23)22-14-9-10-18-27-22/h3-18H,1-2H3. The summed E-state index contributed by atoms with van der Waals surface area (Å²) in [6.45, 7) is 4.62. The molecule has 5 rings (SSSR count). The van der Waals surface area contributed by atoms with E-state index in [0.717, 1.165) is 16.9 Å². The maximum absolute atomic E-state index is 4.62. The average Bonchev–Trinajstić information content (AvgIpc) is 2.75. The van der Waals surface area contributed by atoms with Crippen molar-refractivity contribution in [2.75, 3.05) is 4.90 Å². The molecule has 0 atom stereocenters. The first kappa shape index (κ1) is 16.8. The van der Waals surface area contributed by atoms with Gasteiger partial charge in [0.2, 0.25) is 0 Å². The molecular formula is C26H22N2. The second kappa shape index (κ2) is 6.35. The van der Waals surface area contributed by atoms with Gasteiger partial charge in [0.25, 0.3) is 0 Å². The zero-order valence-corrected chi connectivity index (χ0v) is 16.1. The quantitative estimate of drug-likeness (QED) is 0.387. The lowest BCUT2D eigenvalue weighted by Crippen LogP contribution is -2.30. The van der Waals surface area contributed by atoms with Gasteiger partial charge in [0.1, 0.15) is 0 Å². The molecule has 1 aliphatic rings. The highest BCUT2D eigenvalue weighted by molar-refractivity contribution is 5.91. The van der Waals surface area contributed by atoms with E-state index in [1.54, 1.807) is 0 Å². The Labute approximate surface area is 166 Å². The maximum Gasteiger partial charge on any atom is 0.0723 e. The monoisotopic (exact) mass is 362 g/mol. The fourth-order valence-corrected chi connectivity index (χ4v) is 4.34. The van der Waals surface area contributed by atoms with Crippen LogP contribution in [-0.2, 0) is 5.41 Å². The lowest BCUT2D eigenvalue weighted by atomic mass is 9.73. The Morgan fingerprint density at radius 1 is 0.607 bits per heavy atom. The Bertz CT molecular complexity index is 1100. The van der Waals surface area contributed by atoms with E-state index in [1.807, 2.05) is 18.3 Å². The number of hydrogen-bond donors (Lipinski definition) is 0. The summed E-state index contributed by atoms with van der Waals surface area (Å²) < 4.78 is 0. The Kier molecular flexibility index (Phi) is 3.80. The molecule has 0 unspecified atom stereocenters. The molecule has 28 heavy (non-hydrogen) atoms. The predicted molar refractivity (Wildman–Crippen MR) is 116 cm³/mol. The third-order valence-electron chi connectivity index (χ3n) is 5.72. The summed E-state index contributed by atoms with van der Waals surface area (Å²) in [5.41, 5.74) is 8.35. The van der Waals surface area contributed by atoms with Crippen molar-refractivity contribution in [2.24, 2.45) is 0 Å². The SMILES string of the molecule is CC1(C)c2ccccc2N(c2ccccc2-c2ccccn2)c2ccccc21. The van der Waals surface area contributed by atoms with Crippen molar-refractivity contribution in [3.63, 3.8) is 0 Å². The van der Waals surface area contributed by atoms with Crippen molar-refractivity contribution < 1.29 is 0 Å². The van der Waals surface area contributed by atoms with Crippen LogP contribution in [0.4, 0.5) is 17.1 Å². The molecule has 1 aliphatic heterocycles. The molecule has 0 saturated heterocycles. The number of para-hydroxylation sites is 3. The summed E-state index contributed by atoms with van der Waals surface area (Å²) in [6, 6.07) is 32.1. The van der Waals surface area contributed by atoms with Crippen LogP contribution in [-0.4, -0.2) is 4.98 Å². The number of nitrogens with zero attached hydrogens (tertiary/aromatic N) is 2. The second-order valence-electron chi connectivity index (χ2n) is 7.73. The van der Waals surface area contributed by atoms with Crippen LogP contribution in [0.1, 0.15) is 25.0 Å². The molecule has 4 aromatic rings. The molecule has 0 amide bonds. The van der Waals surface area contributed by atoms with Crippen LogP contribution in [0.5, 0.6) is 0 Å². The first-order valence-corrected chi connectivity index (χ1v) is 9.67. The molecule has 0 N–H and O–H groups in total. The van der Waals surface area contributed by atoms with Gasteiger partial charge in [-0.15, -0.1) is 0 Å². The molecule has 2 heterocycles. The van der Waals surface area contributed by atoms with Crippen LogP contribution < -0.4 is 4.90 Å². The summed E-state index contributed by atoms with van der Waals surface area (Å²) in [5, 5.41) is 0. The van der Waals surface area contributed by atoms with Gasteiger partial charge in [-0.1, -0.05) is 74.5 Å². The van der Waals surface area contributed by atoms with Gasteiger partial charge < -0.3 is 4.90 Å². The van der Waals surface area contributed by atoms with Crippen LogP contribution >= 0.6 is 0 Å². The predicted octanol–water partition coefficient (Wildman–Crippen LogP) is 6.86. The zero-order valence-electron chi connectivity index (χ0n) is 16.1. The summed E-state index contributed by atoms with van der Waals surface area (Å²) in [6.07, 6.45) is 1.85. The van der Waals surface area contributed by atoms with Crippen molar-refractivity contribution in [2.45, 2.75) is 19.3 Å². The van der Waals surface area contributed by atoms with Gasteiger partial charge in [0.05, 0.1) is 22.8 Å². The lowest BCUT2D eigenvalue weighted by molar-refractivity contribution is 0.632. The van der Waals surface area contributed by atoms with Crippen molar-refractivity contribution >= 4 is 17.1 Å². The van der Waals surface area contributed by atoms with Crippen LogP contribution in [0.2, 0.25) is 0 Å². The van der Waals surface area contributed by atoms with Gasteiger partial charge >= 0.3 is 0 Å². The highest BCUT2D eigenvalue weighted by atomic mass is 15.2. The molecule has 2 nitrogen and oxygen atoms in total. The van der Waals surface area contributed by atoms with Gasteiger partial charge in [0, 0.05) is 17.2 Å². The van der Waals surface area contributed by atoms with E-state index in [2.05, 4.69) is 103 Å². The highest BCUT2D eigenvalue weighted by Gasteiger charge is 2.36. The fourth-order valence-electron chi connectivity index (χ4n) is 4.34. The molecular weight excluding hydrogens is 340 g/mol. The first-order chi connectivity index (χ1) is 13.7. The van der Waals surface area contributed by atoms with Crippen LogP contribution in [0.25, 0.3) is 11.3 Å². The van der Waals surface area contributed by atoms with Gasteiger partial charge in [-0.05, 0) is 41.5 Å². The van der Waals surface area contributed by atoms with E-state index in [-0.39, 0.29) is 5.41 Å². The van der Waals surface area contributed by atoms with E-state index < -0.39 is 0 Å². The summed E-state index contributed by atoms with van der Waals surface area (Å²) in [4.78, 5) is 7.01.